The first kappa shape index (κ1) is 16.0. The molecule has 1 aromatic carbocycles. The van der Waals surface area contributed by atoms with Gasteiger partial charge in [0.1, 0.15) is 12.4 Å². The number of nitrogens with one attached hydrogen (secondary N) is 1. The quantitative estimate of drug-likeness (QED) is 0.938. The zero-order chi connectivity index (χ0) is 16.4. The molecule has 4 nitrogen and oxygen atoms in total. The lowest BCUT2D eigenvalue weighted by atomic mass is 9.78. The Kier molecular flexibility index (Phi) is 4.69. The summed E-state index contributed by atoms with van der Waals surface area (Å²) in [6.07, 6.45) is 4.42. The predicted molar refractivity (Wildman–Crippen MR) is 93.2 cm³/mol. The van der Waals surface area contributed by atoms with Crippen LogP contribution in [-0.4, -0.2) is 21.5 Å². The lowest BCUT2D eigenvalue weighted by Gasteiger charge is -2.34. The van der Waals surface area contributed by atoms with Gasteiger partial charge < -0.3 is 9.88 Å². The maximum absolute atomic E-state index is 12.6. The van der Waals surface area contributed by atoms with E-state index in [-0.39, 0.29) is 5.91 Å². The molecular formula is C19H27N3O. The summed E-state index contributed by atoms with van der Waals surface area (Å²) in [5, 5.41) is 3.27. The number of benzene rings is 1. The Morgan fingerprint density at radius 1 is 1.30 bits per heavy atom. The number of fused-ring (bicyclic) bond motifs is 1. The molecule has 1 N–H and O–H groups in total. The van der Waals surface area contributed by atoms with E-state index in [0.717, 1.165) is 29.7 Å². The molecule has 0 spiro atoms. The molecule has 3 atom stereocenters. The number of carbonyl (C=O) groups excluding carboxylic acids is 1. The van der Waals surface area contributed by atoms with E-state index in [1.54, 1.807) is 0 Å². The summed E-state index contributed by atoms with van der Waals surface area (Å²) in [7, 11) is 0. The molecule has 1 aliphatic rings. The van der Waals surface area contributed by atoms with Crippen molar-refractivity contribution in [3.8, 4) is 0 Å². The Balaban J connectivity index is 1.75. The van der Waals surface area contributed by atoms with Crippen molar-refractivity contribution in [1.82, 2.24) is 14.9 Å². The van der Waals surface area contributed by atoms with Crippen LogP contribution >= 0.6 is 0 Å². The molecule has 1 aromatic heterocycles. The fourth-order valence-corrected chi connectivity index (χ4v) is 3.75. The van der Waals surface area contributed by atoms with E-state index in [4.69, 9.17) is 0 Å². The van der Waals surface area contributed by atoms with Crippen LogP contribution in [0.25, 0.3) is 11.0 Å². The maximum Gasteiger partial charge on any atom is 0.240 e. The van der Waals surface area contributed by atoms with Gasteiger partial charge in [-0.05, 0) is 30.4 Å². The minimum Gasteiger partial charge on any atom is -0.352 e. The molecule has 0 saturated heterocycles. The number of nitrogens with zero attached hydrogens (tertiary/aromatic N) is 2. The fraction of sp³-hybridized carbons (Fsp3) is 0.579. The number of hydrogen-bond acceptors (Lipinski definition) is 2. The second-order valence-electron chi connectivity index (χ2n) is 6.90. The van der Waals surface area contributed by atoms with Gasteiger partial charge in [0.2, 0.25) is 5.91 Å². The van der Waals surface area contributed by atoms with Gasteiger partial charge in [-0.1, -0.05) is 45.7 Å². The highest BCUT2D eigenvalue weighted by atomic mass is 16.2. The molecule has 23 heavy (non-hydrogen) atoms. The van der Waals surface area contributed by atoms with Gasteiger partial charge in [-0.2, -0.15) is 0 Å². The van der Waals surface area contributed by atoms with Gasteiger partial charge >= 0.3 is 0 Å². The average molecular weight is 313 g/mol. The Bertz CT molecular complexity index is 691. The van der Waals surface area contributed by atoms with Crippen LogP contribution in [-0.2, 0) is 17.8 Å². The third-order valence-electron chi connectivity index (χ3n) is 5.40. The SMILES string of the molecule is CCc1nc2ccccc2n1CC(=O)NC1CCCC(C)C1C. The molecule has 124 valence electrons. The minimum atomic E-state index is 0.105. The highest BCUT2D eigenvalue weighted by Gasteiger charge is 2.28. The number of hydrogen-bond donors (Lipinski definition) is 1. The van der Waals surface area contributed by atoms with Crippen LogP contribution in [0.1, 0.15) is 45.9 Å². The van der Waals surface area contributed by atoms with Crippen molar-refractivity contribution in [2.75, 3.05) is 0 Å². The molecule has 4 heteroatoms. The molecule has 1 aliphatic carbocycles. The van der Waals surface area contributed by atoms with Crippen LogP contribution in [0.3, 0.4) is 0 Å². The largest absolute Gasteiger partial charge is 0.352 e. The summed E-state index contributed by atoms with van der Waals surface area (Å²) in [5.41, 5.74) is 2.02. The number of rotatable bonds is 4. The Morgan fingerprint density at radius 3 is 2.87 bits per heavy atom. The fourth-order valence-electron chi connectivity index (χ4n) is 3.75. The predicted octanol–water partition coefficient (Wildman–Crippen LogP) is 3.54. The van der Waals surface area contributed by atoms with Gasteiger partial charge in [0.15, 0.2) is 0 Å². The van der Waals surface area contributed by atoms with Gasteiger partial charge in [0.25, 0.3) is 0 Å². The molecule has 0 aliphatic heterocycles. The Labute approximate surface area is 138 Å². The van der Waals surface area contributed by atoms with Crippen LogP contribution in [0, 0.1) is 11.8 Å². The van der Waals surface area contributed by atoms with Crippen LogP contribution in [0.15, 0.2) is 24.3 Å². The molecule has 3 rings (SSSR count). The van der Waals surface area contributed by atoms with Crippen LogP contribution in [0.2, 0.25) is 0 Å². The summed E-state index contributed by atoms with van der Waals surface area (Å²) in [4.78, 5) is 17.2. The normalized spacial score (nSPS) is 24.7. The molecule has 0 radical (unpaired) electrons. The molecule has 1 amide bonds. The lowest BCUT2D eigenvalue weighted by molar-refractivity contribution is -0.123. The van der Waals surface area contributed by atoms with Crippen molar-refractivity contribution in [2.45, 2.75) is 59.0 Å². The minimum absolute atomic E-state index is 0.105. The first-order valence-electron chi connectivity index (χ1n) is 8.83. The van der Waals surface area contributed by atoms with Gasteiger partial charge in [0, 0.05) is 12.5 Å². The molecule has 3 unspecified atom stereocenters. The standard InChI is InChI=1S/C19H27N3O/c1-4-18-20-16-9-5-6-11-17(16)22(18)12-19(23)21-15-10-7-8-13(2)14(15)3/h5-6,9,11,13-15H,4,7-8,10,12H2,1-3H3,(H,21,23). The maximum atomic E-state index is 12.6. The number of imidazole rings is 1. The van der Waals surface area contributed by atoms with Gasteiger partial charge in [-0.3, -0.25) is 4.79 Å². The zero-order valence-electron chi connectivity index (χ0n) is 14.4. The van der Waals surface area contributed by atoms with Crippen molar-refractivity contribution in [3.63, 3.8) is 0 Å². The zero-order valence-corrected chi connectivity index (χ0v) is 14.4. The van der Waals surface area contributed by atoms with Crippen molar-refractivity contribution in [3.05, 3.63) is 30.1 Å². The van der Waals surface area contributed by atoms with E-state index < -0.39 is 0 Å². The topological polar surface area (TPSA) is 46.9 Å². The molecule has 1 heterocycles. The third-order valence-corrected chi connectivity index (χ3v) is 5.40. The number of amides is 1. The van der Waals surface area contributed by atoms with Crippen LogP contribution in [0.4, 0.5) is 0 Å². The van der Waals surface area contributed by atoms with E-state index >= 15 is 0 Å². The van der Waals surface area contributed by atoms with Gasteiger partial charge in [-0.25, -0.2) is 4.98 Å². The molecular weight excluding hydrogens is 286 g/mol. The highest BCUT2D eigenvalue weighted by Crippen LogP contribution is 2.29. The van der Waals surface area contributed by atoms with Crippen molar-refractivity contribution < 1.29 is 4.79 Å². The van der Waals surface area contributed by atoms with E-state index in [1.165, 1.54) is 12.8 Å². The Hall–Kier alpha value is -1.84. The van der Waals surface area contributed by atoms with Crippen molar-refractivity contribution in [2.24, 2.45) is 11.8 Å². The summed E-state index contributed by atoms with van der Waals surface area (Å²) < 4.78 is 2.06. The lowest BCUT2D eigenvalue weighted by Crippen LogP contribution is -2.44. The molecule has 2 aromatic rings. The number of para-hydroxylation sites is 2. The number of carbonyl (C=O) groups is 1. The summed E-state index contributed by atoms with van der Waals surface area (Å²) >= 11 is 0. The first-order valence-corrected chi connectivity index (χ1v) is 8.83. The summed E-state index contributed by atoms with van der Waals surface area (Å²) in [6.45, 7) is 7.00. The Morgan fingerprint density at radius 2 is 2.09 bits per heavy atom. The van der Waals surface area contributed by atoms with E-state index in [0.29, 0.717) is 24.4 Å². The monoisotopic (exact) mass is 313 g/mol. The van der Waals surface area contributed by atoms with Crippen molar-refractivity contribution >= 4 is 16.9 Å². The van der Waals surface area contributed by atoms with Crippen LogP contribution in [0.5, 0.6) is 0 Å². The summed E-state index contributed by atoms with van der Waals surface area (Å²) in [5.74, 6) is 2.33. The van der Waals surface area contributed by atoms with Crippen molar-refractivity contribution in [1.29, 1.82) is 0 Å². The second-order valence-corrected chi connectivity index (χ2v) is 6.90. The average Bonchev–Trinajstić information content (AvgIpc) is 2.90. The van der Waals surface area contributed by atoms with E-state index in [2.05, 4.69) is 35.6 Å². The van der Waals surface area contributed by atoms with E-state index in [1.807, 2.05) is 24.3 Å². The van der Waals surface area contributed by atoms with Gasteiger partial charge in [0.05, 0.1) is 11.0 Å². The number of aromatic nitrogens is 2. The number of aryl methyl sites for hydroxylation is 1. The van der Waals surface area contributed by atoms with Gasteiger partial charge in [-0.15, -0.1) is 0 Å². The van der Waals surface area contributed by atoms with E-state index in [9.17, 15) is 4.79 Å². The molecule has 1 fully saturated rings. The first-order chi connectivity index (χ1) is 11.1. The highest BCUT2D eigenvalue weighted by molar-refractivity contribution is 5.81. The third kappa shape index (κ3) is 3.26. The smallest absolute Gasteiger partial charge is 0.240 e. The van der Waals surface area contributed by atoms with Crippen LogP contribution < -0.4 is 5.32 Å². The summed E-state index contributed by atoms with van der Waals surface area (Å²) in [6, 6.07) is 8.35. The second kappa shape index (κ2) is 6.73. The molecule has 1 saturated carbocycles. The molecule has 0 bridgehead atoms.